The highest BCUT2D eigenvalue weighted by Gasteiger charge is 2.28. The fourth-order valence-corrected chi connectivity index (χ4v) is 2.96. The maximum atomic E-state index is 12.5. The van der Waals surface area contributed by atoms with Crippen LogP contribution < -0.4 is 10.2 Å². The third-order valence-corrected chi connectivity index (χ3v) is 3.96. The summed E-state index contributed by atoms with van der Waals surface area (Å²) in [6, 6.07) is 7.33. The first-order valence-electron chi connectivity index (χ1n) is 5.90. The van der Waals surface area contributed by atoms with Gasteiger partial charge >= 0.3 is 0 Å². The zero-order valence-electron chi connectivity index (χ0n) is 10.3. The molecule has 4 nitrogen and oxygen atoms in total. The van der Waals surface area contributed by atoms with E-state index in [9.17, 15) is 9.59 Å². The molecule has 1 aliphatic rings. The fraction of sp³-hybridized carbons (Fsp3) is 0.143. The van der Waals surface area contributed by atoms with Crippen LogP contribution >= 0.6 is 11.3 Å². The lowest BCUT2D eigenvalue weighted by atomic mass is 10.1. The van der Waals surface area contributed by atoms with Crippen LogP contribution in [0.5, 0.6) is 0 Å². The molecule has 2 amide bonds. The van der Waals surface area contributed by atoms with Crippen molar-refractivity contribution in [2.45, 2.75) is 6.92 Å². The molecule has 0 atom stereocenters. The van der Waals surface area contributed by atoms with Crippen molar-refractivity contribution < 1.29 is 9.59 Å². The molecule has 0 fully saturated rings. The Hall–Kier alpha value is -2.14. The number of nitrogens with one attached hydrogen (secondary N) is 1. The van der Waals surface area contributed by atoms with E-state index in [-0.39, 0.29) is 18.4 Å². The van der Waals surface area contributed by atoms with Crippen molar-refractivity contribution in [1.29, 1.82) is 0 Å². The van der Waals surface area contributed by atoms with Crippen LogP contribution in [0.4, 0.5) is 11.4 Å². The molecule has 0 aliphatic carbocycles. The summed E-state index contributed by atoms with van der Waals surface area (Å²) >= 11 is 1.49. The highest BCUT2D eigenvalue weighted by molar-refractivity contribution is 7.08. The Morgan fingerprint density at radius 3 is 2.84 bits per heavy atom. The molecule has 0 bridgehead atoms. The second-order valence-corrected chi connectivity index (χ2v) is 5.17. The lowest BCUT2D eigenvalue weighted by molar-refractivity contribution is -0.115. The van der Waals surface area contributed by atoms with Gasteiger partial charge in [0, 0.05) is 5.38 Å². The van der Waals surface area contributed by atoms with Crippen molar-refractivity contribution in [3.63, 3.8) is 0 Å². The first-order chi connectivity index (χ1) is 9.16. The summed E-state index contributed by atoms with van der Waals surface area (Å²) in [6.45, 7) is 1.96. The van der Waals surface area contributed by atoms with Crippen LogP contribution in [0, 0.1) is 6.92 Å². The van der Waals surface area contributed by atoms with Gasteiger partial charge in [-0.05, 0) is 30.0 Å². The summed E-state index contributed by atoms with van der Waals surface area (Å²) in [5.41, 5.74) is 3.03. The summed E-state index contributed by atoms with van der Waals surface area (Å²) in [5, 5.41) is 6.53. The van der Waals surface area contributed by atoms with Gasteiger partial charge in [-0.2, -0.15) is 11.3 Å². The summed E-state index contributed by atoms with van der Waals surface area (Å²) in [7, 11) is 0. The van der Waals surface area contributed by atoms with Crippen LogP contribution in [-0.2, 0) is 4.79 Å². The maximum Gasteiger partial charge on any atom is 0.259 e. The number of aryl methyl sites for hydroxylation is 1. The minimum atomic E-state index is -0.167. The number of fused-ring (bicyclic) bond motifs is 1. The molecule has 0 saturated heterocycles. The van der Waals surface area contributed by atoms with E-state index < -0.39 is 0 Å². The van der Waals surface area contributed by atoms with Gasteiger partial charge in [-0.25, -0.2) is 0 Å². The highest BCUT2D eigenvalue weighted by atomic mass is 32.1. The van der Waals surface area contributed by atoms with Gasteiger partial charge in [0.05, 0.1) is 16.9 Å². The molecule has 19 heavy (non-hydrogen) atoms. The number of anilines is 2. The molecule has 1 aromatic carbocycles. The first-order valence-corrected chi connectivity index (χ1v) is 6.84. The zero-order valence-corrected chi connectivity index (χ0v) is 11.2. The van der Waals surface area contributed by atoms with Gasteiger partial charge in [-0.15, -0.1) is 0 Å². The van der Waals surface area contributed by atoms with Gasteiger partial charge in [0.1, 0.15) is 6.54 Å². The second-order valence-electron chi connectivity index (χ2n) is 4.43. The number of para-hydroxylation sites is 2. The van der Waals surface area contributed by atoms with Crippen molar-refractivity contribution >= 4 is 34.5 Å². The highest BCUT2D eigenvalue weighted by Crippen LogP contribution is 2.30. The Balaban J connectivity index is 2.04. The van der Waals surface area contributed by atoms with Crippen LogP contribution in [0.25, 0.3) is 0 Å². The summed E-state index contributed by atoms with van der Waals surface area (Å²) in [4.78, 5) is 25.8. The lowest BCUT2D eigenvalue weighted by Gasteiger charge is -2.29. The molecular formula is C14H12N2O2S. The number of hydrogen-bond donors (Lipinski definition) is 1. The van der Waals surface area contributed by atoms with E-state index >= 15 is 0 Å². The molecule has 2 heterocycles. The van der Waals surface area contributed by atoms with Crippen LogP contribution in [0.3, 0.4) is 0 Å². The van der Waals surface area contributed by atoms with E-state index in [0.29, 0.717) is 11.3 Å². The largest absolute Gasteiger partial charge is 0.323 e. The Bertz CT molecular complexity index is 663. The molecule has 1 aliphatic heterocycles. The molecule has 0 unspecified atom stereocenters. The molecule has 0 spiro atoms. The Morgan fingerprint density at radius 2 is 2.11 bits per heavy atom. The summed E-state index contributed by atoms with van der Waals surface area (Å²) in [5.74, 6) is -0.291. The molecule has 0 radical (unpaired) electrons. The quantitative estimate of drug-likeness (QED) is 0.867. The number of rotatable bonds is 1. The van der Waals surface area contributed by atoms with Gasteiger partial charge in [-0.3, -0.25) is 14.5 Å². The fourth-order valence-electron chi connectivity index (χ4n) is 2.14. The molecule has 96 valence electrons. The molecule has 2 aromatic rings. The molecule has 1 N–H and O–H groups in total. The molecular weight excluding hydrogens is 260 g/mol. The van der Waals surface area contributed by atoms with Crippen LogP contribution in [0.1, 0.15) is 15.9 Å². The number of benzene rings is 1. The average molecular weight is 272 g/mol. The third kappa shape index (κ3) is 2.02. The number of hydrogen-bond acceptors (Lipinski definition) is 3. The second kappa shape index (κ2) is 4.51. The maximum absolute atomic E-state index is 12.5. The van der Waals surface area contributed by atoms with E-state index in [1.165, 1.54) is 16.2 Å². The van der Waals surface area contributed by atoms with E-state index in [1.54, 1.807) is 6.07 Å². The van der Waals surface area contributed by atoms with E-state index in [1.807, 2.05) is 35.9 Å². The van der Waals surface area contributed by atoms with Crippen LogP contribution in [0.15, 0.2) is 35.0 Å². The van der Waals surface area contributed by atoms with Crippen molar-refractivity contribution in [1.82, 2.24) is 0 Å². The number of nitrogens with zero attached hydrogens (tertiary/aromatic N) is 1. The Morgan fingerprint density at radius 1 is 1.32 bits per heavy atom. The predicted octanol–water partition coefficient (Wildman–Crippen LogP) is 2.66. The van der Waals surface area contributed by atoms with Crippen molar-refractivity contribution in [2.75, 3.05) is 16.8 Å². The Labute approximate surface area is 114 Å². The normalized spacial score (nSPS) is 13.9. The summed E-state index contributed by atoms with van der Waals surface area (Å²) in [6.07, 6.45) is 0. The first kappa shape index (κ1) is 11.9. The standard InChI is InChI=1S/C14H12N2O2S/c1-9-7-19-8-10(9)14(18)16-6-13(17)15-11-4-2-3-5-12(11)16/h2-5,7-8H,6H2,1H3,(H,15,17). The monoisotopic (exact) mass is 272 g/mol. The van der Waals surface area contributed by atoms with Crippen molar-refractivity contribution in [3.05, 3.63) is 46.2 Å². The zero-order chi connectivity index (χ0) is 13.4. The predicted molar refractivity (Wildman–Crippen MR) is 75.8 cm³/mol. The topological polar surface area (TPSA) is 49.4 Å². The minimum absolute atomic E-state index is 0.0606. The molecule has 3 rings (SSSR count). The van der Waals surface area contributed by atoms with E-state index in [2.05, 4.69) is 5.32 Å². The summed E-state index contributed by atoms with van der Waals surface area (Å²) < 4.78 is 0. The van der Waals surface area contributed by atoms with Crippen LogP contribution in [0.2, 0.25) is 0 Å². The SMILES string of the molecule is Cc1cscc1C(=O)N1CC(=O)Nc2ccccc21. The number of carbonyl (C=O) groups excluding carboxylic acids is 2. The van der Waals surface area contributed by atoms with Gasteiger partial charge < -0.3 is 5.32 Å². The van der Waals surface area contributed by atoms with Gasteiger partial charge in [0.2, 0.25) is 5.91 Å². The molecule has 5 heteroatoms. The van der Waals surface area contributed by atoms with Gasteiger partial charge in [0.15, 0.2) is 0 Å². The molecule has 0 saturated carbocycles. The third-order valence-electron chi connectivity index (χ3n) is 3.10. The minimum Gasteiger partial charge on any atom is -0.323 e. The lowest BCUT2D eigenvalue weighted by Crippen LogP contribution is -2.42. The van der Waals surface area contributed by atoms with Gasteiger partial charge in [0.25, 0.3) is 5.91 Å². The van der Waals surface area contributed by atoms with E-state index in [4.69, 9.17) is 0 Å². The van der Waals surface area contributed by atoms with Crippen molar-refractivity contribution in [3.8, 4) is 0 Å². The van der Waals surface area contributed by atoms with Crippen molar-refractivity contribution in [2.24, 2.45) is 0 Å². The number of carbonyl (C=O) groups is 2. The number of thiophene rings is 1. The van der Waals surface area contributed by atoms with E-state index in [0.717, 1.165) is 11.3 Å². The average Bonchev–Trinajstić information content (AvgIpc) is 2.83. The smallest absolute Gasteiger partial charge is 0.259 e. The van der Waals surface area contributed by atoms with Gasteiger partial charge in [-0.1, -0.05) is 12.1 Å². The molecule has 1 aromatic heterocycles. The Kier molecular flexibility index (Phi) is 2.83. The number of amides is 2. The van der Waals surface area contributed by atoms with Crippen LogP contribution in [-0.4, -0.2) is 18.4 Å².